The molecule has 0 amide bonds. The molecule has 1 aromatic rings. The number of hydrogen-bond acceptors (Lipinski definition) is 2. The standard InChI is InChI=1S/C9H13OP.C2H3N/c1-11(2,10)8-9-6-4-3-5-7-9;1-2-3/h3-7H,8H2,1-2H3;1H3. The monoisotopic (exact) mass is 209 g/mol. The van der Waals surface area contributed by atoms with Crippen LogP contribution in [0.15, 0.2) is 30.3 Å². The minimum atomic E-state index is -1.89. The largest absolute Gasteiger partial charge is 0.324 e. The van der Waals surface area contributed by atoms with Crippen LogP contribution < -0.4 is 0 Å². The zero-order chi connectivity index (χ0) is 11.0. The Morgan fingerprint density at radius 3 is 2.07 bits per heavy atom. The van der Waals surface area contributed by atoms with Gasteiger partial charge >= 0.3 is 0 Å². The van der Waals surface area contributed by atoms with E-state index in [0.717, 1.165) is 0 Å². The summed E-state index contributed by atoms with van der Waals surface area (Å²) in [4.78, 5) is 0. The predicted molar refractivity (Wildman–Crippen MR) is 60.9 cm³/mol. The van der Waals surface area contributed by atoms with Crippen LogP contribution in [0.1, 0.15) is 12.5 Å². The second-order valence-electron chi connectivity index (χ2n) is 3.44. The highest BCUT2D eigenvalue weighted by atomic mass is 31.2. The topological polar surface area (TPSA) is 40.9 Å². The minimum Gasteiger partial charge on any atom is -0.324 e. The van der Waals surface area contributed by atoms with Crippen LogP contribution in [0, 0.1) is 11.3 Å². The van der Waals surface area contributed by atoms with E-state index >= 15 is 0 Å². The first-order chi connectivity index (χ1) is 6.49. The molecule has 3 heteroatoms. The Kier molecular flexibility index (Phi) is 5.92. The number of nitrogens with zero attached hydrogens (tertiary/aromatic N) is 1. The molecule has 76 valence electrons. The Morgan fingerprint density at radius 1 is 1.29 bits per heavy atom. The lowest BCUT2D eigenvalue weighted by atomic mass is 10.2. The number of rotatable bonds is 2. The van der Waals surface area contributed by atoms with E-state index in [2.05, 4.69) is 0 Å². The predicted octanol–water partition coefficient (Wildman–Crippen LogP) is 3.34. The Morgan fingerprint density at radius 2 is 1.71 bits per heavy atom. The van der Waals surface area contributed by atoms with Crippen LogP contribution in [0.25, 0.3) is 0 Å². The zero-order valence-electron chi connectivity index (χ0n) is 8.90. The van der Waals surface area contributed by atoms with Crippen molar-refractivity contribution in [2.45, 2.75) is 13.1 Å². The van der Waals surface area contributed by atoms with Crippen molar-refractivity contribution in [2.24, 2.45) is 0 Å². The maximum atomic E-state index is 11.4. The van der Waals surface area contributed by atoms with Crippen molar-refractivity contribution in [2.75, 3.05) is 13.3 Å². The molecule has 0 bridgehead atoms. The fourth-order valence-corrected chi connectivity index (χ4v) is 2.11. The highest BCUT2D eigenvalue weighted by molar-refractivity contribution is 7.61. The minimum absolute atomic E-state index is 0.716. The van der Waals surface area contributed by atoms with Crippen LogP contribution in [0.4, 0.5) is 0 Å². The average molecular weight is 209 g/mol. The SMILES string of the molecule is CC#N.CP(C)(=O)Cc1ccccc1. The first-order valence-corrected chi connectivity index (χ1v) is 7.17. The Hall–Kier alpha value is -1.06. The molecule has 0 saturated carbocycles. The van der Waals surface area contributed by atoms with Gasteiger partial charge in [0.25, 0.3) is 0 Å². The number of hydrogen-bond donors (Lipinski definition) is 0. The molecule has 0 aliphatic carbocycles. The molecule has 0 aliphatic rings. The fraction of sp³-hybridized carbons (Fsp3) is 0.364. The van der Waals surface area contributed by atoms with Gasteiger partial charge in [-0.05, 0) is 18.9 Å². The van der Waals surface area contributed by atoms with Gasteiger partial charge in [0.15, 0.2) is 0 Å². The van der Waals surface area contributed by atoms with Crippen LogP contribution in [0.3, 0.4) is 0 Å². The third-order valence-corrected chi connectivity index (χ3v) is 2.53. The quantitative estimate of drug-likeness (QED) is 0.701. The van der Waals surface area contributed by atoms with Gasteiger partial charge < -0.3 is 4.57 Å². The number of benzene rings is 1. The average Bonchev–Trinajstić information content (AvgIpc) is 2.04. The Bertz CT molecular complexity index is 334. The summed E-state index contributed by atoms with van der Waals surface area (Å²) in [5.41, 5.74) is 1.17. The molecule has 0 aromatic heterocycles. The zero-order valence-corrected chi connectivity index (χ0v) is 9.79. The van der Waals surface area contributed by atoms with Gasteiger partial charge in [-0.15, -0.1) is 0 Å². The van der Waals surface area contributed by atoms with Crippen molar-refractivity contribution in [3.63, 3.8) is 0 Å². The summed E-state index contributed by atoms with van der Waals surface area (Å²) in [5.74, 6) is 0. The fourth-order valence-electron chi connectivity index (χ4n) is 1.02. The summed E-state index contributed by atoms with van der Waals surface area (Å²) >= 11 is 0. The first kappa shape index (κ1) is 12.9. The van der Waals surface area contributed by atoms with Gasteiger partial charge in [-0.25, -0.2) is 0 Å². The molecule has 0 N–H and O–H groups in total. The molecule has 2 nitrogen and oxygen atoms in total. The van der Waals surface area contributed by atoms with Crippen molar-refractivity contribution in [1.82, 2.24) is 0 Å². The Balaban J connectivity index is 0.000000500. The van der Waals surface area contributed by atoms with Gasteiger partial charge in [0.05, 0.1) is 13.2 Å². The summed E-state index contributed by atoms with van der Waals surface area (Å²) in [7, 11) is -1.89. The molecule has 1 aromatic carbocycles. The van der Waals surface area contributed by atoms with Crippen LogP contribution in [-0.2, 0) is 10.7 Å². The third kappa shape index (κ3) is 7.58. The first-order valence-electron chi connectivity index (χ1n) is 4.38. The molecule has 14 heavy (non-hydrogen) atoms. The van der Waals surface area contributed by atoms with Crippen molar-refractivity contribution in [3.8, 4) is 6.07 Å². The molecule has 0 saturated heterocycles. The molecule has 0 atom stereocenters. The van der Waals surface area contributed by atoms with Gasteiger partial charge in [0.1, 0.15) is 0 Å². The van der Waals surface area contributed by atoms with Gasteiger partial charge in [-0.2, -0.15) is 5.26 Å². The van der Waals surface area contributed by atoms with E-state index < -0.39 is 7.14 Å². The van der Waals surface area contributed by atoms with Gasteiger partial charge in [0.2, 0.25) is 0 Å². The second-order valence-corrected chi connectivity index (χ2v) is 6.91. The molecular weight excluding hydrogens is 193 g/mol. The molecule has 0 spiro atoms. The Labute approximate surface area is 85.9 Å². The number of nitriles is 1. The highest BCUT2D eigenvalue weighted by Gasteiger charge is 2.06. The summed E-state index contributed by atoms with van der Waals surface area (Å²) in [6.07, 6.45) is 0.716. The van der Waals surface area contributed by atoms with E-state index in [-0.39, 0.29) is 0 Å². The maximum absolute atomic E-state index is 11.4. The van der Waals surface area contributed by atoms with Gasteiger partial charge in [-0.3, -0.25) is 0 Å². The lowest BCUT2D eigenvalue weighted by Gasteiger charge is -2.04. The molecular formula is C11H16NOP. The van der Waals surface area contributed by atoms with E-state index in [1.165, 1.54) is 12.5 Å². The lowest BCUT2D eigenvalue weighted by Crippen LogP contribution is -1.83. The molecule has 0 heterocycles. The van der Waals surface area contributed by atoms with E-state index in [1.54, 1.807) is 6.07 Å². The van der Waals surface area contributed by atoms with Crippen LogP contribution in [-0.4, -0.2) is 13.3 Å². The van der Waals surface area contributed by atoms with Crippen molar-refractivity contribution >= 4 is 7.14 Å². The second kappa shape index (κ2) is 6.40. The molecule has 1 rings (SSSR count). The normalized spacial score (nSPS) is 9.57. The third-order valence-electron chi connectivity index (χ3n) is 1.41. The van der Waals surface area contributed by atoms with Gasteiger partial charge in [-0.1, -0.05) is 30.3 Å². The van der Waals surface area contributed by atoms with Crippen LogP contribution >= 0.6 is 7.14 Å². The molecule has 0 fully saturated rings. The summed E-state index contributed by atoms with van der Waals surface area (Å²) < 4.78 is 11.4. The van der Waals surface area contributed by atoms with E-state index in [4.69, 9.17) is 5.26 Å². The van der Waals surface area contributed by atoms with Crippen LogP contribution in [0.5, 0.6) is 0 Å². The van der Waals surface area contributed by atoms with E-state index in [9.17, 15) is 4.57 Å². The molecule has 0 unspecified atom stereocenters. The molecule has 0 radical (unpaired) electrons. The summed E-state index contributed by atoms with van der Waals surface area (Å²) in [6, 6.07) is 11.7. The van der Waals surface area contributed by atoms with E-state index in [1.807, 2.05) is 43.7 Å². The summed E-state index contributed by atoms with van der Waals surface area (Å²) in [5, 5.41) is 7.32. The molecule has 0 aliphatic heterocycles. The smallest absolute Gasteiger partial charge is 0.0861 e. The lowest BCUT2D eigenvalue weighted by molar-refractivity contribution is 0.582. The van der Waals surface area contributed by atoms with Gasteiger partial charge in [0, 0.05) is 13.1 Å². The van der Waals surface area contributed by atoms with Crippen molar-refractivity contribution in [1.29, 1.82) is 5.26 Å². The van der Waals surface area contributed by atoms with Crippen molar-refractivity contribution in [3.05, 3.63) is 35.9 Å². The van der Waals surface area contributed by atoms with Crippen LogP contribution in [0.2, 0.25) is 0 Å². The summed E-state index contributed by atoms with van der Waals surface area (Å²) in [6.45, 7) is 5.07. The van der Waals surface area contributed by atoms with Crippen molar-refractivity contribution < 1.29 is 4.57 Å². The highest BCUT2D eigenvalue weighted by Crippen LogP contribution is 2.39. The van der Waals surface area contributed by atoms with E-state index in [0.29, 0.717) is 6.16 Å². The maximum Gasteiger partial charge on any atom is 0.0861 e.